The first-order chi connectivity index (χ1) is 18.8. The zero-order valence-electron chi connectivity index (χ0n) is 23.9. The molecule has 10 nitrogen and oxygen atoms in total. The molecule has 0 aliphatic carbocycles. The van der Waals surface area contributed by atoms with E-state index in [1.54, 1.807) is 59.1 Å². The van der Waals surface area contributed by atoms with Crippen molar-refractivity contribution in [1.82, 2.24) is 16.0 Å². The number of Topliss-reactive ketones (excluding diaryl/α,β-unsaturated/α-hetero) is 1. The van der Waals surface area contributed by atoms with Gasteiger partial charge in [0.05, 0.1) is 19.8 Å². The number of ether oxygens (including phenoxy) is 3. The lowest BCUT2D eigenvalue weighted by molar-refractivity contribution is -0.133. The predicted octanol–water partition coefficient (Wildman–Crippen LogP) is 2.72. The van der Waals surface area contributed by atoms with E-state index in [0.717, 1.165) is 11.1 Å². The number of ketones is 1. The van der Waals surface area contributed by atoms with Crippen molar-refractivity contribution >= 4 is 23.7 Å². The monoisotopic (exact) mass is 553 g/mol. The van der Waals surface area contributed by atoms with Gasteiger partial charge in [-0.05, 0) is 64.3 Å². The van der Waals surface area contributed by atoms with Gasteiger partial charge in [0, 0.05) is 6.42 Å². The normalized spacial score (nSPS) is 18.4. The quantitative estimate of drug-likeness (QED) is 0.344. The van der Waals surface area contributed by atoms with Crippen LogP contribution in [0.5, 0.6) is 5.75 Å². The highest BCUT2D eigenvalue weighted by Crippen LogP contribution is 2.29. The van der Waals surface area contributed by atoms with E-state index >= 15 is 0 Å². The highest BCUT2D eigenvalue weighted by atomic mass is 16.6. The molecule has 0 radical (unpaired) electrons. The van der Waals surface area contributed by atoms with Gasteiger partial charge in [0.2, 0.25) is 11.8 Å². The molecule has 1 aliphatic heterocycles. The Balaban J connectivity index is 1.79. The van der Waals surface area contributed by atoms with E-state index in [1.807, 2.05) is 30.3 Å². The van der Waals surface area contributed by atoms with Crippen molar-refractivity contribution in [2.45, 2.75) is 76.8 Å². The molecule has 1 aliphatic rings. The number of carbonyl (C=O) groups is 4. The number of alkyl carbamates (subject to hydrolysis) is 1. The Hall–Kier alpha value is -3.92. The molecule has 1 unspecified atom stereocenters. The molecule has 3 rings (SSSR count). The minimum Gasteiger partial charge on any atom is -0.497 e. The fourth-order valence-corrected chi connectivity index (χ4v) is 4.00. The summed E-state index contributed by atoms with van der Waals surface area (Å²) >= 11 is 0. The lowest BCUT2D eigenvalue weighted by atomic mass is 9.94. The minimum atomic E-state index is -1.04. The lowest BCUT2D eigenvalue weighted by Gasteiger charge is -2.26. The third-order valence-corrected chi connectivity index (χ3v) is 6.37. The molecule has 0 saturated carbocycles. The topological polar surface area (TPSA) is 135 Å². The summed E-state index contributed by atoms with van der Waals surface area (Å²) < 4.78 is 15.8. The summed E-state index contributed by atoms with van der Waals surface area (Å²) in [4.78, 5) is 52.2. The molecule has 1 heterocycles. The molecule has 0 spiro atoms. The van der Waals surface area contributed by atoms with Crippen LogP contribution in [0.3, 0.4) is 0 Å². The Morgan fingerprint density at radius 1 is 0.875 bits per heavy atom. The number of rotatable bonds is 12. The van der Waals surface area contributed by atoms with Crippen LogP contribution in [-0.2, 0) is 36.7 Å². The minimum absolute atomic E-state index is 0.140. The van der Waals surface area contributed by atoms with Crippen LogP contribution in [0, 0.1) is 0 Å². The lowest BCUT2D eigenvalue weighted by Crippen LogP contribution is -2.57. The molecule has 3 amide bonds. The summed E-state index contributed by atoms with van der Waals surface area (Å²) in [5.41, 5.74) is -0.0548. The van der Waals surface area contributed by atoms with Crippen LogP contribution in [0.25, 0.3) is 0 Å². The third-order valence-electron chi connectivity index (χ3n) is 6.37. The summed E-state index contributed by atoms with van der Waals surface area (Å²) in [5.74, 6) is -0.704. The fraction of sp³-hybridized carbons (Fsp3) is 0.467. The highest BCUT2D eigenvalue weighted by Gasteiger charge is 2.50. The van der Waals surface area contributed by atoms with Gasteiger partial charge in [0.1, 0.15) is 29.0 Å². The first kappa shape index (κ1) is 30.6. The van der Waals surface area contributed by atoms with E-state index < -0.39 is 47.2 Å². The summed E-state index contributed by atoms with van der Waals surface area (Å²) in [6.45, 7) is 8.62. The molecule has 40 heavy (non-hydrogen) atoms. The molecule has 1 saturated heterocycles. The summed E-state index contributed by atoms with van der Waals surface area (Å²) in [6.07, 6.45) is -0.345. The van der Waals surface area contributed by atoms with E-state index in [-0.39, 0.29) is 25.2 Å². The van der Waals surface area contributed by atoms with Crippen LogP contribution in [0.4, 0.5) is 4.79 Å². The number of methoxy groups -OCH3 is 1. The molecule has 0 bridgehead atoms. The number of hydrogen-bond acceptors (Lipinski definition) is 7. The molecule has 2 aromatic carbocycles. The highest BCUT2D eigenvalue weighted by molar-refractivity contribution is 5.98. The Kier molecular flexibility index (Phi) is 9.92. The molecule has 4 atom stereocenters. The average Bonchev–Trinajstić information content (AvgIpc) is 3.65. The number of benzene rings is 2. The van der Waals surface area contributed by atoms with Crippen LogP contribution in [0.15, 0.2) is 54.6 Å². The maximum atomic E-state index is 13.6. The molecule has 3 N–H and O–H groups in total. The first-order valence-corrected chi connectivity index (χ1v) is 13.2. The summed E-state index contributed by atoms with van der Waals surface area (Å²) in [5, 5.41) is 8.07. The molecule has 10 heteroatoms. The van der Waals surface area contributed by atoms with Gasteiger partial charge in [-0.3, -0.25) is 14.4 Å². The number of hydrogen-bond donors (Lipinski definition) is 3. The molecule has 0 aromatic heterocycles. The number of amides is 3. The summed E-state index contributed by atoms with van der Waals surface area (Å²) in [7, 11) is 1.55. The van der Waals surface area contributed by atoms with Crippen molar-refractivity contribution in [3.8, 4) is 5.75 Å². The Morgan fingerprint density at radius 2 is 1.43 bits per heavy atom. The summed E-state index contributed by atoms with van der Waals surface area (Å²) in [6, 6.07) is 13.6. The third kappa shape index (κ3) is 9.08. The molecule has 216 valence electrons. The Morgan fingerprint density at radius 3 is 1.98 bits per heavy atom. The second kappa shape index (κ2) is 13.0. The first-order valence-electron chi connectivity index (χ1n) is 13.2. The van der Waals surface area contributed by atoms with Crippen LogP contribution in [0.1, 0.15) is 45.7 Å². The van der Waals surface area contributed by atoms with Crippen molar-refractivity contribution in [2.75, 3.05) is 13.7 Å². The Bertz CT molecular complexity index is 1190. The molecular weight excluding hydrogens is 514 g/mol. The Labute approximate surface area is 235 Å². The number of epoxide rings is 1. The van der Waals surface area contributed by atoms with Gasteiger partial charge in [-0.25, -0.2) is 4.79 Å². The fourth-order valence-electron chi connectivity index (χ4n) is 4.00. The van der Waals surface area contributed by atoms with Crippen molar-refractivity contribution < 1.29 is 33.4 Å². The maximum absolute atomic E-state index is 13.6. The molecular formula is C30H39N3O7. The van der Waals surface area contributed by atoms with Gasteiger partial charge < -0.3 is 30.2 Å². The number of carbonyl (C=O) groups excluding carboxylic acids is 4. The van der Waals surface area contributed by atoms with Crippen LogP contribution in [0.2, 0.25) is 0 Å². The van der Waals surface area contributed by atoms with Crippen LogP contribution < -0.4 is 20.7 Å². The molecule has 1 fully saturated rings. The van der Waals surface area contributed by atoms with E-state index in [9.17, 15) is 19.2 Å². The van der Waals surface area contributed by atoms with Crippen molar-refractivity contribution in [3.05, 3.63) is 65.7 Å². The second-order valence-electron chi connectivity index (χ2n) is 11.1. The van der Waals surface area contributed by atoms with Crippen LogP contribution in [-0.4, -0.2) is 66.7 Å². The van der Waals surface area contributed by atoms with E-state index in [0.29, 0.717) is 5.75 Å². The zero-order chi connectivity index (χ0) is 29.5. The van der Waals surface area contributed by atoms with E-state index in [2.05, 4.69) is 16.0 Å². The molecule has 2 aromatic rings. The predicted molar refractivity (Wildman–Crippen MR) is 149 cm³/mol. The SMILES string of the molecule is COc1ccc(C[C@H](NC(=O)[C@H](C)NC(=O)OC(C)(C)C)C(=O)NC(Cc2ccccc2)C(=O)[C@@]2(C)CO2)cc1. The largest absolute Gasteiger partial charge is 0.497 e. The van der Waals surface area contributed by atoms with E-state index in [4.69, 9.17) is 14.2 Å². The van der Waals surface area contributed by atoms with Gasteiger partial charge in [-0.2, -0.15) is 0 Å². The maximum Gasteiger partial charge on any atom is 0.408 e. The van der Waals surface area contributed by atoms with E-state index in [1.165, 1.54) is 6.92 Å². The standard InChI is InChI=1S/C30H39N3O7/c1-19(31-28(37)40-29(2,3)4)26(35)33-24(17-21-12-14-22(38-6)15-13-21)27(36)32-23(25(34)30(5)18-39-30)16-20-10-8-7-9-11-20/h7-15,19,23-24H,16-18H2,1-6H3,(H,31,37)(H,32,36)(H,33,35)/t19-,23?,24-,30+/m0/s1. The second-order valence-corrected chi connectivity index (χ2v) is 11.1. The van der Waals surface area contributed by atoms with Crippen LogP contribution >= 0.6 is 0 Å². The van der Waals surface area contributed by atoms with Crippen molar-refractivity contribution in [1.29, 1.82) is 0 Å². The average molecular weight is 554 g/mol. The zero-order valence-corrected chi connectivity index (χ0v) is 23.9. The van der Waals surface area contributed by atoms with Gasteiger partial charge >= 0.3 is 6.09 Å². The van der Waals surface area contributed by atoms with Crippen molar-refractivity contribution in [3.63, 3.8) is 0 Å². The number of nitrogens with one attached hydrogen (secondary N) is 3. The van der Waals surface area contributed by atoms with Gasteiger partial charge in [0.25, 0.3) is 0 Å². The van der Waals surface area contributed by atoms with Gasteiger partial charge in [-0.1, -0.05) is 42.5 Å². The van der Waals surface area contributed by atoms with Gasteiger partial charge in [0.15, 0.2) is 5.78 Å². The smallest absolute Gasteiger partial charge is 0.408 e. The van der Waals surface area contributed by atoms with Crippen molar-refractivity contribution in [2.24, 2.45) is 0 Å². The van der Waals surface area contributed by atoms with Gasteiger partial charge in [-0.15, -0.1) is 0 Å².